The Bertz CT molecular complexity index is 1120. The molecule has 2 N–H and O–H groups in total. The number of hydrogen-bond acceptors (Lipinski definition) is 5. The molecule has 0 spiro atoms. The molecule has 0 unspecified atom stereocenters. The number of nitrogens with zero attached hydrogens (tertiary/aromatic N) is 4. The van der Waals surface area contributed by atoms with Crippen LogP contribution in [0.25, 0.3) is 16.9 Å². The van der Waals surface area contributed by atoms with E-state index >= 15 is 0 Å². The Kier molecular flexibility index (Phi) is 5.45. The van der Waals surface area contributed by atoms with Crippen LogP contribution in [-0.2, 0) is 4.79 Å². The van der Waals surface area contributed by atoms with Crippen LogP contribution in [0.2, 0.25) is 0 Å². The first-order chi connectivity index (χ1) is 13.2. The normalized spacial score (nSPS) is 10.1. The predicted molar refractivity (Wildman–Crippen MR) is 112 cm³/mol. The van der Waals surface area contributed by atoms with Crippen molar-refractivity contribution in [2.75, 3.05) is 10.6 Å². The molecule has 2 aromatic carbocycles. The molecule has 7 heteroatoms. The van der Waals surface area contributed by atoms with Gasteiger partial charge in [-0.15, -0.1) is 0 Å². The summed E-state index contributed by atoms with van der Waals surface area (Å²) in [5, 5.41) is 5.97. The van der Waals surface area contributed by atoms with Gasteiger partial charge >= 0.3 is 0 Å². The lowest BCUT2D eigenvalue weighted by Crippen LogP contribution is -2.07. The fraction of sp³-hybridized carbons (Fsp3) is 0.0476. The second-order valence-electron chi connectivity index (χ2n) is 5.76. The minimum atomic E-state index is -0.269. The summed E-state index contributed by atoms with van der Waals surface area (Å²) < 4.78 is 1.82. The van der Waals surface area contributed by atoms with Crippen molar-refractivity contribution in [2.24, 2.45) is 0 Å². The van der Waals surface area contributed by atoms with E-state index in [9.17, 15) is 4.79 Å². The quantitative estimate of drug-likeness (QED) is 0.510. The number of carbonyl (C=O) groups excluding carboxylic acids is 1. The molecule has 1 amide bonds. The first kappa shape index (κ1) is 18.8. The van der Waals surface area contributed by atoms with E-state index in [2.05, 4.69) is 32.2 Å². The highest BCUT2D eigenvalue weighted by Crippen LogP contribution is 2.22. The second kappa shape index (κ2) is 8.13. The number of carbonyl (C=O) groups is 1. The van der Waals surface area contributed by atoms with Gasteiger partial charge in [0.2, 0.25) is 5.91 Å². The van der Waals surface area contributed by atoms with Crippen LogP contribution in [0, 0.1) is 0 Å². The van der Waals surface area contributed by atoms with Gasteiger partial charge in [-0.1, -0.05) is 32.2 Å². The summed E-state index contributed by atoms with van der Waals surface area (Å²) in [6.45, 7) is 3.46. The van der Waals surface area contributed by atoms with Crippen LogP contribution in [0.3, 0.4) is 0 Å². The molecule has 0 atom stereocenters. The molecule has 140 valence electrons. The van der Waals surface area contributed by atoms with E-state index in [1.807, 2.05) is 47.0 Å². The molecule has 0 aliphatic heterocycles. The number of nitrogens with one attached hydrogen (secondary N) is 2. The standard InChI is InChI=1S/C20H16N6O.CH4/c1-2-20(27)24-15-8-9-16-17(10-15)26(13-22-16)19-12-21-11-18(25-19)23-14-6-4-3-5-7-14;/h2-13H,1H2,(H,23,25)(H,24,27);1H4. The zero-order chi connectivity index (χ0) is 18.6. The molecular weight excluding hydrogens is 352 g/mol. The van der Waals surface area contributed by atoms with Crippen molar-refractivity contribution in [3.05, 3.63) is 79.9 Å². The van der Waals surface area contributed by atoms with Crippen LogP contribution in [0.15, 0.2) is 79.9 Å². The van der Waals surface area contributed by atoms with E-state index in [0.717, 1.165) is 16.7 Å². The smallest absolute Gasteiger partial charge is 0.247 e. The number of hydrogen-bond donors (Lipinski definition) is 2. The minimum absolute atomic E-state index is 0. The fourth-order valence-corrected chi connectivity index (χ4v) is 2.66. The summed E-state index contributed by atoms with van der Waals surface area (Å²) in [6, 6.07) is 15.2. The Morgan fingerprint density at radius 3 is 2.68 bits per heavy atom. The van der Waals surface area contributed by atoms with E-state index in [4.69, 9.17) is 0 Å². The van der Waals surface area contributed by atoms with E-state index in [1.165, 1.54) is 6.08 Å². The molecular formula is C21H20N6O. The Morgan fingerprint density at radius 1 is 1.07 bits per heavy atom. The maximum absolute atomic E-state index is 11.5. The first-order valence-electron chi connectivity index (χ1n) is 8.28. The highest BCUT2D eigenvalue weighted by molar-refractivity contribution is 6.00. The topological polar surface area (TPSA) is 84.7 Å². The number of anilines is 3. The summed E-state index contributed by atoms with van der Waals surface area (Å²) in [5.41, 5.74) is 3.17. The Labute approximate surface area is 162 Å². The number of para-hydroxylation sites is 1. The third-order valence-corrected chi connectivity index (χ3v) is 3.92. The summed E-state index contributed by atoms with van der Waals surface area (Å²) in [7, 11) is 0. The molecule has 28 heavy (non-hydrogen) atoms. The van der Waals surface area contributed by atoms with Gasteiger partial charge in [-0.3, -0.25) is 14.3 Å². The first-order valence-corrected chi connectivity index (χ1v) is 8.28. The molecule has 0 saturated carbocycles. The van der Waals surface area contributed by atoms with Crippen molar-refractivity contribution in [1.82, 2.24) is 19.5 Å². The molecule has 0 radical (unpaired) electrons. The van der Waals surface area contributed by atoms with Crippen LogP contribution in [0.1, 0.15) is 7.43 Å². The molecule has 7 nitrogen and oxygen atoms in total. The van der Waals surface area contributed by atoms with Crippen molar-refractivity contribution in [2.45, 2.75) is 7.43 Å². The van der Waals surface area contributed by atoms with E-state index in [1.54, 1.807) is 24.8 Å². The summed E-state index contributed by atoms with van der Waals surface area (Å²) in [4.78, 5) is 24.8. The fourth-order valence-electron chi connectivity index (χ4n) is 2.66. The summed E-state index contributed by atoms with van der Waals surface area (Å²) in [5.74, 6) is 0.969. The Hall–Kier alpha value is -4.00. The average Bonchev–Trinajstić information content (AvgIpc) is 3.12. The monoisotopic (exact) mass is 372 g/mol. The predicted octanol–water partition coefficient (Wildman–Crippen LogP) is 4.32. The maximum Gasteiger partial charge on any atom is 0.247 e. The van der Waals surface area contributed by atoms with Gasteiger partial charge in [0.15, 0.2) is 11.6 Å². The number of amides is 1. The molecule has 2 aromatic heterocycles. The number of aromatic nitrogens is 4. The SMILES string of the molecule is C.C=CC(=O)Nc1ccc2ncn(-c3cncc(Nc4ccccc4)n3)c2c1. The van der Waals surface area contributed by atoms with Crippen molar-refractivity contribution < 1.29 is 4.79 Å². The van der Waals surface area contributed by atoms with Crippen LogP contribution in [0.5, 0.6) is 0 Å². The van der Waals surface area contributed by atoms with Crippen molar-refractivity contribution in [1.29, 1.82) is 0 Å². The molecule has 0 aliphatic carbocycles. The third kappa shape index (κ3) is 3.88. The van der Waals surface area contributed by atoms with Gasteiger partial charge in [-0.05, 0) is 36.4 Å². The average molecular weight is 372 g/mol. The van der Waals surface area contributed by atoms with Gasteiger partial charge < -0.3 is 10.6 Å². The van der Waals surface area contributed by atoms with Crippen LogP contribution in [0.4, 0.5) is 17.2 Å². The maximum atomic E-state index is 11.5. The number of benzene rings is 2. The molecule has 4 aromatic rings. The molecule has 4 rings (SSSR count). The van der Waals surface area contributed by atoms with Crippen LogP contribution in [-0.4, -0.2) is 25.4 Å². The number of fused-ring (bicyclic) bond motifs is 1. The number of rotatable bonds is 5. The molecule has 0 aliphatic rings. The van der Waals surface area contributed by atoms with Crippen molar-refractivity contribution in [3.63, 3.8) is 0 Å². The largest absolute Gasteiger partial charge is 0.339 e. The van der Waals surface area contributed by atoms with Crippen LogP contribution < -0.4 is 10.6 Å². The third-order valence-electron chi connectivity index (χ3n) is 3.92. The second-order valence-corrected chi connectivity index (χ2v) is 5.76. The van der Waals surface area contributed by atoms with Gasteiger partial charge in [-0.25, -0.2) is 9.97 Å². The summed E-state index contributed by atoms with van der Waals surface area (Å²) >= 11 is 0. The van der Waals surface area contributed by atoms with Gasteiger partial charge in [0.1, 0.15) is 6.33 Å². The van der Waals surface area contributed by atoms with E-state index in [-0.39, 0.29) is 13.3 Å². The van der Waals surface area contributed by atoms with Gasteiger partial charge in [0.05, 0.1) is 23.4 Å². The van der Waals surface area contributed by atoms with Gasteiger partial charge in [-0.2, -0.15) is 0 Å². The molecule has 0 bridgehead atoms. The van der Waals surface area contributed by atoms with E-state index in [0.29, 0.717) is 17.3 Å². The van der Waals surface area contributed by atoms with Gasteiger partial charge in [0.25, 0.3) is 0 Å². The minimum Gasteiger partial charge on any atom is -0.339 e. The number of imidazole rings is 1. The molecule has 0 saturated heterocycles. The Morgan fingerprint density at radius 2 is 1.89 bits per heavy atom. The lowest BCUT2D eigenvalue weighted by atomic mass is 10.2. The van der Waals surface area contributed by atoms with Crippen molar-refractivity contribution >= 4 is 34.1 Å². The van der Waals surface area contributed by atoms with Crippen molar-refractivity contribution in [3.8, 4) is 5.82 Å². The zero-order valence-corrected chi connectivity index (χ0v) is 14.3. The lowest BCUT2D eigenvalue weighted by molar-refractivity contribution is -0.111. The molecule has 2 heterocycles. The van der Waals surface area contributed by atoms with Crippen LogP contribution >= 0.6 is 0 Å². The Balaban J connectivity index is 0.00000225. The summed E-state index contributed by atoms with van der Waals surface area (Å²) in [6.07, 6.45) is 6.23. The zero-order valence-electron chi connectivity index (χ0n) is 14.3. The van der Waals surface area contributed by atoms with Gasteiger partial charge in [0, 0.05) is 11.4 Å². The lowest BCUT2D eigenvalue weighted by Gasteiger charge is -2.08. The van der Waals surface area contributed by atoms with E-state index < -0.39 is 0 Å². The highest BCUT2D eigenvalue weighted by Gasteiger charge is 2.09. The molecule has 0 fully saturated rings. The highest BCUT2D eigenvalue weighted by atomic mass is 16.1.